The molecule has 0 spiro atoms. The number of carbonyl (C=O) groups is 2. The monoisotopic (exact) mass is 520 g/mol. The third-order valence-electron chi connectivity index (χ3n) is 9.43. The van der Waals surface area contributed by atoms with Gasteiger partial charge in [0.25, 0.3) is 0 Å². The fourth-order valence-corrected chi connectivity index (χ4v) is 7.12. The summed E-state index contributed by atoms with van der Waals surface area (Å²) < 4.78 is 0. The van der Waals surface area contributed by atoms with Gasteiger partial charge in [-0.25, -0.2) is 0 Å². The molecule has 0 N–H and O–H groups in total. The lowest BCUT2D eigenvalue weighted by atomic mass is 9.66. The van der Waals surface area contributed by atoms with E-state index in [2.05, 4.69) is 44.2 Å². The molecule has 0 heterocycles. The molecular formula is C34H45ClO2. The SMILES string of the molecule is CC1(CCCCc2ccccc2Cl)CCCCC1=O.CC12CCCCc3ccccc3C(CCC1)C2=O. The Morgan fingerprint density at radius 2 is 1.51 bits per heavy atom. The van der Waals surface area contributed by atoms with Crippen LogP contribution in [-0.2, 0) is 22.4 Å². The number of hydrogen-bond donors (Lipinski definition) is 0. The van der Waals surface area contributed by atoms with Gasteiger partial charge < -0.3 is 0 Å². The Balaban J connectivity index is 0.000000173. The Hall–Kier alpha value is -1.93. The highest BCUT2D eigenvalue weighted by atomic mass is 35.5. The Morgan fingerprint density at radius 1 is 0.811 bits per heavy atom. The first-order chi connectivity index (χ1) is 17.8. The summed E-state index contributed by atoms with van der Waals surface area (Å²) in [5.74, 6) is 1.18. The van der Waals surface area contributed by atoms with Crippen molar-refractivity contribution in [2.45, 2.75) is 116 Å². The molecule has 0 aromatic heterocycles. The summed E-state index contributed by atoms with van der Waals surface area (Å²) in [4.78, 5) is 24.8. The molecule has 0 aliphatic heterocycles. The van der Waals surface area contributed by atoms with Crippen LogP contribution in [0.3, 0.4) is 0 Å². The zero-order valence-electron chi connectivity index (χ0n) is 23.0. The van der Waals surface area contributed by atoms with Crippen LogP contribution in [0.5, 0.6) is 0 Å². The minimum absolute atomic E-state index is 0.0413. The van der Waals surface area contributed by atoms with Crippen LogP contribution < -0.4 is 0 Å². The molecule has 0 saturated heterocycles. The first-order valence-electron chi connectivity index (χ1n) is 14.7. The van der Waals surface area contributed by atoms with E-state index in [-0.39, 0.29) is 16.7 Å². The first-order valence-corrected chi connectivity index (χ1v) is 15.1. The molecule has 0 amide bonds. The molecule has 2 nitrogen and oxygen atoms in total. The second-order valence-electron chi connectivity index (χ2n) is 12.3. The van der Waals surface area contributed by atoms with Crippen LogP contribution in [-0.4, -0.2) is 11.6 Å². The lowest BCUT2D eigenvalue weighted by Gasteiger charge is -2.36. The molecule has 2 aromatic rings. The number of fused-ring (bicyclic) bond motifs is 4. The van der Waals surface area contributed by atoms with Gasteiger partial charge in [-0.3, -0.25) is 9.59 Å². The van der Waals surface area contributed by atoms with Crippen molar-refractivity contribution in [1.29, 1.82) is 0 Å². The van der Waals surface area contributed by atoms with Crippen molar-refractivity contribution < 1.29 is 9.59 Å². The molecule has 2 fully saturated rings. The summed E-state index contributed by atoms with van der Waals surface area (Å²) >= 11 is 6.15. The van der Waals surface area contributed by atoms with Crippen molar-refractivity contribution in [1.82, 2.24) is 0 Å². The number of aryl methyl sites for hydroxylation is 2. The Kier molecular flexibility index (Phi) is 9.67. The van der Waals surface area contributed by atoms with E-state index in [1.54, 1.807) is 0 Å². The Labute approximate surface area is 229 Å². The molecule has 3 unspecified atom stereocenters. The maximum Gasteiger partial charge on any atom is 0.146 e. The average molecular weight is 521 g/mol. The molecule has 3 aliphatic carbocycles. The van der Waals surface area contributed by atoms with Crippen molar-refractivity contribution in [2.75, 3.05) is 0 Å². The maximum atomic E-state index is 12.8. The molecule has 0 radical (unpaired) electrons. The van der Waals surface area contributed by atoms with E-state index in [1.807, 2.05) is 18.2 Å². The van der Waals surface area contributed by atoms with E-state index < -0.39 is 0 Å². The smallest absolute Gasteiger partial charge is 0.146 e. The van der Waals surface area contributed by atoms with E-state index in [9.17, 15) is 9.59 Å². The standard InChI is InChI=1S/C17H23ClO.C17H22O/c1-17(13-7-5-11-16(17)19)12-6-4-9-14-8-2-3-10-15(14)18;1-17-11-5-4-8-13-7-2-3-9-14(13)15(16(17)18)10-6-12-17/h2-3,8,10H,4-7,9,11-13H2,1H3;2-3,7,9,15H,4-6,8,10-12H2,1H3. The summed E-state index contributed by atoms with van der Waals surface area (Å²) in [5.41, 5.74) is 3.89. The summed E-state index contributed by atoms with van der Waals surface area (Å²) in [6, 6.07) is 16.7. The van der Waals surface area contributed by atoms with E-state index in [4.69, 9.17) is 11.6 Å². The molecular weight excluding hydrogens is 476 g/mol. The number of hydrogen-bond acceptors (Lipinski definition) is 2. The van der Waals surface area contributed by atoms with Gasteiger partial charge in [0.1, 0.15) is 11.6 Å². The predicted molar refractivity (Wildman–Crippen MR) is 154 cm³/mol. The molecule has 3 atom stereocenters. The van der Waals surface area contributed by atoms with Crippen LogP contribution in [0.25, 0.3) is 0 Å². The quantitative estimate of drug-likeness (QED) is 0.368. The highest BCUT2D eigenvalue weighted by molar-refractivity contribution is 6.31. The summed E-state index contributed by atoms with van der Waals surface area (Å²) in [6.07, 6.45) is 16.5. The van der Waals surface area contributed by atoms with E-state index in [1.165, 1.54) is 42.4 Å². The van der Waals surface area contributed by atoms with Crippen LogP contribution in [0.15, 0.2) is 48.5 Å². The molecule has 2 saturated carbocycles. The van der Waals surface area contributed by atoms with Crippen molar-refractivity contribution in [3.05, 3.63) is 70.2 Å². The predicted octanol–water partition coefficient (Wildman–Crippen LogP) is 9.46. The summed E-state index contributed by atoms with van der Waals surface area (Å²) in [7, 11) is 0. The van der Waals surface area contributed by atoms with Gasteiger partial charge in [-0.1, -0.05) is 93.6 Å². The van der Waals surface area contributed by atoms with Crippen LogP contribution >= 0.6 is 11.6 Å². The number of benzene rings is 2. The van der Waals surface area contributed by atoms with Crippen molar-refractivity contribution in [3.63, 3.8) is 0 Å². The van der Waals surface area contributed by atoms with E-state index in [0.717, 1.165) is 75.7 Å². The fourth-order valence-electron chi connectivity index (χ4n) is 6.89. The van der Waals surface area contributed by atoms with Crippen LogP contribution in [0.1, 0.15) is 120 Å². The van der Waals surface area contributed by atoms with Crippen LogP contribution in [0.4, 0.5) is 0 Å². The third kappa shape index (κ3) is 6.94. The van der Waals surface area contributed by atoms with Crippen LogP contribution in [0, 0.1) is 10.8 Å². The van der Waals surface area contributed by atoms with Crippen LogP contribution in [0.2, 0.25) is 5.02 Å². The average Bonchev–Trinajstić information content (AvgIpc) is 2.92. The normalized spacial score (nSPS) is 27.7. The van der Waals surface area contributed by atoms with Gasteiger partial charge in [0.2, 0.25) is 0 Å². The lowest BCUT2D eigenvalue weighted by molar-refractivity contribution is -0.132. The van der Waals surface area contributed by atoms with Gasteiger partial charge in [0.15, 0.2) is 0 Å². The first kappa shape index (κ1) is 28.1. The second kappa shape index (κ2) is 12.7. The molecule has 5 rings (SSSR count). The number of ketones is 2. The maximum absolute atomic E-state index is 12.8. The fraction of sp³-hybridized carbons (Fsp3) is 0.588. The van der Waals surface area contributed by atoms with Gasteiger partial charge in [0, 0.05) is 28.2 Å². The molecule has 37 heavy (non-hydrogen) atoms. The molecule has 3 heteroatoms. The molecule has 2 bridgehead atoms. The second-order valence-corrected chi connectivity index (χ2v) is 12.7. The number of Topliss-reactive ketones (excluding diaryl/α,β-unsaturated/α-hetero) is 2. The Bertz CT molecular complexity index is 1070. The summed E-state index contributed by atoms with van der Waals surface area (Å²) in [5, 5.41) is 0.863. The number of rotatable bonds is 5. The minimum atomic E-state index is -0.0429. The van der Waals surface area contributed by atoms with Gasteiger partial charge in [-0.15, -0.1) is 0 Å². The zero-order valence-corrected chi connectivity index (χ0v) is 23.8. The van der Waals surface area contributed by atoms with E-state index in [0.29, 0.717) is 11.6 Å². The highest BCUT2D eigenvalue weighted by Gasteiger charge is 2.42. The highest BCUT2D eigenvalue weighted by Crippen LogP contribution is 2.45. The molecule has 200 valence electrons. The van der Waals surface area contributed by atoms with Gasteiger partial charge in [-0.2, -0.15) is 0 Å². The number of carbonyl (C=O) groups excluding carboxylic acids is 2. The molecule has 3 aliphatic rings. The third-order valence-corrected chi connectivity index (χ3v) is 9.79. The van der Waals surface area contributed by atoms with Crippen molar-refractivity contribution in [2.24, 2.45) is 10.8 Å². The lowest BCUT2D eigenvalue weighted by Crippen LogP contribution is -2.36. The van der Waals surface area contributed by atoms with Crippen molar-refractivity contribution >= 4 is 23.2 Å². The van der Waals surface area contributed by atoms with E-state index >= 15 is 0 Å². The van der Waals surface area contributed by atoms with Gasteiger partial charge >= 0.3 is 0 Å². The molecule has 2 aromatic carbocycles. The summed E-state index contributed by atoms with van der Waals surface area (Å²) in [6.45, 7) is 4.36. The van der Waals surface area contributed by atoms with Crippen molar-refractivity contribution in [3.8, 4) is 0 Å². The Morgan fingerprint density at radius 3 is 2.32 bits per heavy atom. The minimum Gasteiger partial charge on any atom is -0.299 e. The van der Waals surface area contributed by atoms with Gasteiger partial charge in [0.05, 0.1) is 0 Å². The zero-order chi connectivity index (χ0) is 26.3. The van der Waals surface area contributed by atoms with Gasteiger partial charge in [-0.05, 0) is 87.0 Å². The number of halogens is 1. The largest absolute Gasteiger partial charge is 0.299 e. The number of unbranched alkanes of at least 4 members (excludes halogenated alkanes) is 1. The topological polar surface area (TPSA) is 34.1 Å².